The van der Waals surface area contributed by atoms with E-state index in [1.54, 1.807) is 16.4 Å². The summed E-state index contributed by atoms with van der Waals surface area (Å²) >= 11 is 1.57. The molecule has 100 valence electrons. The van der Waals surface area contributed by atoms with Gasteiger partial charge in [0, 0.05) is 4.90 Å². The summed E-state index contributed by atoms with van der Waals surface area (Å²) in [6.07, 6.45) is 0. The molecular formula is C15H14N4S. The second-order valence-corrected chi connectivity index (χ2v) is 5.60. The zero-order valence-electron chi connectivity index (χ0n) is 11.3. The van der Waals surface area contributed by atoms with Crippen LogP contribution in [0.4, 0.5) is 0 Å². The molecule has 0 saturated carbocycles. The predicted octanol–water partition coefficient (Wildman–Crippen LogP) is 3.43. The van der Waals surface area contributed by atoms with Crippen LogP contribution in [0.5, 0.6) is 0 Å². The molecule has 0 aliphatic heterocycles. The largest absolute Gasteiger partial charge is 0.218 e. The highest BCUT2D eigenvalue weighted by molar-refractivity contribution is 7.99. The second-order valence-electron chi connectivity index (χ2n) is 4.56. The van der Waals surface area contributed by atoms with Crippen molar-refractivity contribution in [2.24, 2.45) is 0 Å². The molecule has 1 aromatic heterocycles. The molecule has 3 aromatic rings. The minimum absolute atomic E-state index is 0.763. The van der Waals surface area contributed by atoms with Crippen molar-refractivity contribution in [2.45, 2.75) is 23.9 Å². The molecule has 0 aliphatic carbocycles. The second kappa shape index (κ2) is 5.46. The zero-order valence-corrected chi connectivity index (χ0v) is 12.1. The van der Waals surface area contributed by atoms with Crippen LogP contribution in [0.25, 0.3) is 5.69 Å². The predicted molar refractivity (Wildman–Crippen MR) is 79.2 cm³/mol. The third-order valence-corrected chi connectivity index (χ3v) is 4.06. The monoisotopic (exact) mass is 282 g/mol. The first-order chi connectivity index (χ1) is 9.74. The lowest BCUT2D eigenvalue weighted by molar-refractivity contribution is 0.756. The van der Waals surface area contributed by atoms with E-state index in [1.807, 2.05) is 30.3 Å². The molecule has 0 N–H and O–H groups in total. The molecule has 20 heavy (non-hydrogen) atoms. The van der Waals surface area contributed by atoms with E-state index in [1.165, 1.54) is 11.1 Å². The van der Waals surface area contributed by atoms with Crippen molar-refractivity contribution in [3.05, 3.63) is 59.7 Å². The van der Waals surface area contributed by atoms with Crippen molar-refractivity contribution in [1.82, 2.24) is 20.2 Å². The fourth-order valence-electron chi connectivity index (χ4n) is 1.86. The number of tetrazole rings is 1. The Morgan fingerprint density at radius 2 is 1.75 bits per heavy atom. The molecule has 0 spiro atoms. The maximum absolute atomic E-state index is 4.10. The quantitative estimate of drug-likeness (QED) is 0.738. The number of para-hydroxylation sites is 1. The van der Waals surface area contributed by atoms with Gasteiger partial charge in [-0.1, -0.05) is 24.3 Å². The van der Waals surface area contributed by atoms with Gasteiger partial charge in [0.1, 0.15) is 0 Å². The van der Waals surface area contributed by atoms with Crippen LogP contribution >= 0.6 is 11.8 Å². The number of hydrogen-bond acceptors (Lipinski definition) is 4. The van der Waals surface area contributed by atoms with Gasteiger partial charge in [0.05, 0.1) is 5.69 Å². The van der Waals surface area contributed by atoms with E-state index in [0.29, 0.717) is 0 Å². The maximum Gasteiger partial charge on any atom is 0.218 e. The normalized spacial score (nSPS) is 10.7. The lowest BCUT2D eigenvalue weighted by atomic mass is 10.1. The van der Waals surface area contributed by atoms with Gasteiger partial charge in [0.25, 0.3) is 0 Å². The number of nitrogens with zero attached hydrogens (tertiary/aromatic N) is 4. The van der Waals surface area contributed by atoms with Gasteiger partial charge < -0.3 is 0 Å². The Labute approximate surface area is 121 Å². The van der Waals surface area contributed by atoms with Crippen LogP contribution in [0, 0.1) is 13.8 Å². The summed E-state index contributed by atoms with van der Waals surface area (Å²) in [6, 6.07) is 16.3. The van der Waals surface area contributed by atoms with Crippen molar-refractivity contribution < 1.29 is 0 Å². The summed E-state index contributed by atoms with van der Waals surface area (Å²) in [6.45, 7) is 4.22. The van der Waals surface area contributed by atoms with E-state index >= 15 is 0 Å². The summed E-state index contributed by atoms with van der Waals surface area (Å²) in [4.78, 5) is 1.14. The van der Waals surface area contributed by atoms with Crippen LogP contribution in [0.3, 0.4) is 0 Å². The van der Waals surface area contributed by atoms with Crippen LogP contribution < -0.4 is 0 Å². The maximum atomic E-state index is 4.10. The van der Waals surface area contributed by atoms with Crippen molar-refractivity contribution in [1.29, 1.82) is 0 Å². The number of hydrogen-bond donors (Lipinski definition) is 0. The van der Waals surface area contributed by atoms with Crippen molar-refractivity contribution in [2.75, 3.05) is 0 Å². The Hall–Kier alpha value is -2.14. The third kappa shape index (κ3) is 2.58. The SMILES string of the molecule is Cc1ccc(Sc2nnnn2-c2ccccc2)cc1C. The van der Waals surface area contributed by atoms with Crippen molar-refractivity contribution >= 4 is 11.8 Å². The lowest BCUT2D eigenvalue weighted by Crippen LogP contribution is -1.98. The molecule has 5 heteroatoms. The van der Waals surface area contributed by atoms with Crippen LogP contribution in [0.2, 0.25) is 0 Å². The molecule has 0 amide bonds. The van der Waals surface area contributed by atoms with Gasteiger partial charge in [-0.05, 0) is 71.4 Å². The van der Waals surface area contributed by atoms with E-state index in [0.717, 1.165) is 15.7 Å². The number of aromatic nitrogens is 4. The summed E-state index contributed by atoms with van der Waals surface area (Å²) in [5, 5.41) is 12.7. The molecule has 0 fully saturated rings. The van der Waals surface area contributed by atoms with Gasteiger partial charge in [-0.15, -0.1) is 5.10 Å². The molecular weight excluding hydrogens is 268 g/mol. The molecule has 0 radical (unpaired) electrons. The molecule has 1 heterocycles. The summed E-state index contributed by atoms with van der Waals surface area (Å²) < 4.78 is 1.75. The molecule has 0 unspecified atom stereocenters. The Kier molecular flexibility index (Phi) is 3.52. The average molecular weight is 282 g/mol. The smallest absolute Gasteiger partial charge is 0.187 e. The van der Waals surface area contributed by atoms with Crippen molar-refractivity contribution in [3.8, 4) is 5.69 Å². The van der Waals surface area contributed by atoms with E-state index < -0.39 is 0 Å². The molecule has 0 bridgehead atoms. The summed E-state index contributed by atoms with van der Waals surface area (Å²) in [7, 11) is 0. The van der Waals surface area contributed by atoms with Gasteiger partial charge in [-0.25, -0.2) is 0 Å². The fraction of sp³-hybridized carbons (Fsp3) is 0.133. The highest BCUT2D eigenvalue weighted by Crippen LogP contribution is 2.28. The number of benzene rings is 2. The first-order valence-electron chi connectivity index (χ1n) is 6.33. The average Bonchev–Trinajstić information content (AvgIpc) is 2.92. The molecule has 0 aliphatic rings. The van der Waals surface area contributed by atoms with E-state index in [9.17, 15) is 0 Å². The minimum atomic E-state index is 0.763. The van der Waals surface area contributed by atoms with Gasteiger partial charge >= 0.3 is 0 Å². The van der Waals surface area contributed by atoms with Crippen LogP contribution in [0.15, 0.2) is 58.6 Å². The van der Waals surface area contributed by atoms with E-state index in [-0.39, 0.29) is 0 Å². The Bertz CT molecular complexity index is 722. The summed E-state index contributed by atoms with van der Waals surface area (Å²) in [5.41, 5.74) is 3.52. The first kappa shape index (κ1) is 12.9. The minimum Gasteiger partial charge on any atom is -0.187 e. The molecule has 0 saturated heterocycles. The Balaban J connectivity index is 1.92. The zero-order chi connectivity index (χ0) is 13.9. The first-order valence-corrected chi connectivity index (χ1v) is 7.14. The Morgan fingerprint density at radius 3 is 2.50 bits per heavy atom. The van der Waals surface area contributed by atoms with Gasteiger partial charge in [-0.3, -0.25) is 0 Å². The third-order valence-electron chi connectivity index (χ3n) is 3.13. The highest BCUT2D eigenvalue weighted by atomic mass is 32.2. The summed E-state index contributed by atoms with van der Waals surface area (Å²) in [5.74, 6) is 0. The molecule has 3 rings (SSSR count). The topological polar surface area (TPSA) is 43.6 Å². The van der Waals surface area contributed by atoms with Crippen LogP contribution in [-0.2, 0) is 0 Å². The van der Waals surface area contributed by atoms with E-state index in [4.69, 9.17) is 0 Å². The van der Waals surface area contributed by atoms with Gasteiger partial charge in [0.2, 0.25) is 5.16 Å². The van der Waals surface area contributed by atoms with Gasteiger partial charge in [-0.2, -0.15) is 4.68 Å². The molecule has 4 nitrogen and oxygen atoms in total. The fourth-order valence-corrected chi connectivity index (χ4v) is 2.74. The highest BCUT2D eigenvalue weighted by Gasteiger charge is 2.10. The molecule has 2 aromatic carbocycles. The number of rotatable bonds is 3. The van der Waals surface area contributed by atoms with Crippen LogP contribution in [0.1, 0.15) is 11.1 Å². The lowest BCUT2D eigenvalue weighted by Gasteiger charge is -2.05. The number of aryl methyl sites for hydroxylation is 2. The Morgan fingerprint density at radius 1 is 0.950 bits per heavy atom. The van der Waals surface area contributed by atoms with Crippen molar-refractivity contribution in [3.63, 3.8) is 0 Å². The van der Waals surface area contributed by atoms with E-state index in [2.05, 4.69) is 47.6 Å². The van der Waals surface area contributed by atoms with Gasteiger partial charge in [0.15, 0.2) is 0 Å². The van der Waals surface area contributed by atoms with Crippen LogP contribution in [-0.4, -0.2) is 20.2 Å². The molecule has 0 atom stereocenters. The standard InChI is InChI=1S/C15H14N4S/c1-11-8-9-14(10-12(11)2)20-15-16-17-18-19(15)13-6-4-3-5-7-13/h3-10H,1-2H3.